The van der Waals surface area contributed by atoms with Crippen molar-refractivity contribution in [3.8, 4) is 0 Å². The lowest BCUT2D eigenvalue weighted by atomic mass is 9.95. The van der Waals surface area contributed by atoms with E-state index in [4.69, 9.17) is 4.74 Å². The van der Waals surface area contributed by atoms with Gasteiger partial charge in [-0.15, -0.1) is 0 Å². The Morgan fingerprint density at radius 2 is 2.05 bits per heavy atom. The molecule has 19 heavy (non-hydrogen) atoms. The second-order valence-electron chi connectivity index (χ2n) is 5.43. The normalized spacial score (nSPS) is 23.5. The zero-order valence-corrected chi connectivity index (χ0v) is 11.8. The van der Waals surface area contributed by atoms with Gasteiger partial charge in [-0.05, 0) is 24.3 Å². The van der Waals surface area contributed by atoms with E-state index in [0.717, 1.165) is 19.6 Å². The highest BCUT2D eigenvalue weighted by Gasteiger charge is 2.31. The summed E-state index contributed by atoms with van der Waals surface area (Å²) in [5.41, 5.74) is 1.34. The SMILES string of the molecule is CCOC(=O)C[C@H]1CN(Cc2ccccc2)C[C@@H]1C. The van der Waals surface area contributed by atoms with E-state index < -0.39 is 0 Å². The van der Waals surface area contributed by atoms with Gasteiger partial charge in [0.25, 0.3) is 0 Å². The van der Waals surface area contributed by atoms with Gasteiger partial charge in [-0.1, -0.05) is 37.3 Å². The molecule has 104 valence electrons. The molecule has 0 unspecified atom stereocenters. The molecule has 0 spiro atoms. The molecule has 1 fully saturated rings. The molecule has 1 aliphatic heterocycles. The molecule has 1 aromatic carbocycles. The van der Waals surface area contributed by atoms with Crippen LogP contribution in [0.1, 0.15) is 25.8 Å². The number of esters is 1. The van der Waals surface area contributed by atoms with Gasteiger partial charge in [0.1, 0.15) is 0 Å². The van der Waals surface area contributed by atoms with E-state index in [1.807, 2.05) is 13.0 Å². The predicted octanol–water partition coefficient (Wildman–Crippen LogP) is 2.71. The lowest BCUT2D eigenvalue weighted by molar-refractivity contribution is -0.144. The number of nitrogens with zero attached hydrogens (tertiary/aromatic N) is 1. The van der Waals surface area contributed by atoms with Gasteiger partial charge in [0.15, 0.2) is 0 Å². The summed E-state index contributed by atoms with van der Waals surface area (Å²) in [6, 6.07) is 10.5. The molecule has 2 rings (SSSR count). The van der Waals surface area contributed by atoms with Crippen LogP contribution < -0.4 is 0 Å². The Bertz CT molecular complexity index is 404. The first-order chi connectivity index (χ1) is 9.19. The number of ether oxygens (including phenoxy) is 1. The minimum atomic E-state index is -0.0547. The molecular formula is C16H23NO2. The highest BCUT2D eigenvalue weighted by Crippen LogP contribution is 2.27. The number of carbonyl (C=O) groups is 1. The molecule has 0 radical (unpaired) electrons. The van der Waals surface area contributed by atoms with E-state index in [2.05, 4.69) is 36.1 Å². The molecular weight excluding hydrogens is 238 g/mol. The van der Waals surface area contributed by atoms with Crippen molar-refractivity contribution in [2.45, 2.75) is 26.8 Å². The third-order valence-electron chi connectivity index (χ3n) is 3.83. The Hall–Kier alpha value is -1.35. The second-order valence-corrected chi connectivity index (χ2v) is 5.43. The number of likely N-dealkylation sites (tertiary alicyclic amines) is 1. The third kappa shape index (κ3) is 4.06. The third-order valence-corrected chi connectivity index (χ3v) is 3.83. The second kappa shape index (κ2) is 6.71. The fourth-order valence-corrected chi connectivity index (χ4v) is 2.81. The zero-order chi connectivity index (χ0) is 13.7. The fraction of sp³-hybridized carbons (Fsp3) is 0.562. The summed E-state index contributed by atoms with van der Waals surface area (Å²) in [6.45, 7) is 7.61. The number of carbonyl (C=O) groups excluding carboxylic acids is 1. The van der Waals surface area contributed by atoms with E-state index >= 15 is 0 Å². The molecule has 3 heteroatoms. The maximum Gasteiger partial charge on any atom is 0.306 e. The van der Waals surface area contributed by atoms with Gasteiger partial charge in [-0.3, -0.25) is 9.69 Å². The zero-order valence-electron chi connectivity index (χ0n) is 11.8. The lowest BCUT2D eigenvalue weighted by Crippen LogP contribution is -2.21. The smallest absolute Gasteiger partial charge is 0.306 e. The molecule has 0 aromatic heterocycles. The molecule has 1 saturated heterocycles. The van der Waals surface area contributed by atoms with Crippen molar-refractivity contribution in [2.75, 3.05) is 19.7 Å². The van der Waals surface area contributed by atoms with E-state index in [9.17, 15) is 4.79 Å². The van der Waals surface area contributed by atoms with Crippen molar-refractivity contribution < 1.29 is 9.53 Å². The van der Waals surface area contributed by atoms with Gasteiger partial charge >= 0.3 is 5.97 Å². The predicted molar refractivity (Wildman–Crippen MR) is 75.6 cm³/mol. The van der Waals surface area contributed by atoms with Crippen LogP contribution in [0.5, 0.6) is 0 Å². The molecule has 0 N–H and O–H groups in total. The first kappa shape index (κ1) is 14.1. The van der Waals surface area contributed by atoms with Crippen molar-refractivity contribution >= 4 is 5.97 Å². The Balaban J connectivity index is 1.85. The molecule has 1 aromatic rings. The van der Waals surface area contributed by atoms with Crippen molar-refractivity contribution in [3.05, 3.63) is 35.9 Å². The molecule has 1 heterocycles. The molecule has 0 saturated carbocycles. The summed E-state index contributed by atoms with van der Waals surface area (Å²) < 4.78 is 5.05. The monoisotopic (exact) mass is 261 g/mol. The van der Waals surface area contributed by atoms with E-state index in [0.29, 0.717) is 24.9 Å². The minimum Gasteiger partial charge on any atom is -0.466 e. The average Bonchev–Trinajstić information content (AvgIpc) is 2.71. The Morgan fingerprint density at radius 3 is 2.74 bits per heavy atom. The highest BCUT2D eigenvalue weighted by molar-refractivity contribution is 5.69. The fourth-order valence-electron chi connectivity index (χ4n) is 2.81. The Labute approximate surface area is 115 Å². The highest BCUT2D eigenvalue weighted by atomic mass is 16.5. The van der Waals surface area contributed by atoms with E-state index in [-0.39, 0.29) is 5.97 Å². The van der Waals surface area contributed by atoms with E-state index in [1.165, 1.54) is 5.56 Å². The average molecular weight is 261 g/mol. The Morgan fingerprint density at radius 1 is 1.32 bits per heavy atom. The molecule has 2 atom stereocenters. The van der Waals surface area contributed by atoms with Crippen molar-refractivity contribution in [3.63, 3.8) is 0 Å². The molecule has 0 amide bonds. The van der Waals surface area contributed by atoms with Crippen LogP contribution >= 0.6 is 0 Å². The van der Waals surface area contributed by atoms with Crippen LogP contribution in [0.2, 0.25) is 0 Å². The van der Waals surface area contributed by atoms with Gasteiger partial charge in [0.2, 0.25) is 0 Å². The van der Waals surface area contributed by atoms with Crippen LogP contribution in [-0.2, 0) is 16.1 Å². The summed E-state index contributed by atoms with van der Waals surface area (Å²) in [4.78, 5) is 14.0. The minimum absolute atomic E-state index is 0.0547. The molecule has 3 nitrogen and oxygen atoms in total. The van der Waals surface area contributed by atoms with E-state index in [1.54, 1.807) is 0 Å². The topological polar surface area (TPSA) is 29.5 Å². The van der Waals surface area contributed by atoms with Crippen LogP contribution in [0.15, 0.2) is 30.3 Å². The summed E-state index contributed by atoms with van der Waals surface area (Å²) >= 11 is 0. The number of hydrogen-bond donors (Lipinski definition) is 0. The van der Waals surface area contributed by atoms with Crippen molar-refractivity contribution in [1.82, 2.24) is 4.90 Å². The first-order valence-corrected chi connectivity index (χ1v) is 7.11. The largest absolute Gasteiger partial charge is 0.466 e. The van der Waals surface area contributed by atoms with Gasteiger partial charge in [-0.25, -0.2) is 0 Å². The van der Waals surface area contributed by atoms with Crippen LogP contribution in [0.4, 0.5) is 0 Å². The lowest BCUT2D eigenvalue weighted by Gasteiger charge is -2.15. The van der Waals surface area contributed by atoms with Gasteiger partial charge in [-0.2, -0.15) is 0 Å². The number of rotatable bonds is 5. The standard InChI is InChI=1S/C16H23NO2/c1-3-19-16(18)9-15-12-17(10-13(15)2)11-14-7-5-4-6-8-14/h4-8,13,15H,3,9-12H2,1-2H3/t13-,15-/m0/s1. The van der Waals surface area contributed by atoms with Crippen molar-refractivity contribution in [2.24, 2.45) is 11.8 Å². The number of benzene rings is 1. The van der Waals surface area contributed by atoms with Crippen LogP contribution in [0, 0.1) is 11.8 Å². The quantitative estimate of drug-likeness (QED) is 0.763. The van der Waals surface area contributed by atoms with Gasteiger partial charge in [0, 0.05) is 26.1 Å². The molecule has 1 aliphatic rings. The first-order valence-electron chi connectivity index (χ1n) is 7.11. The van der Waals surface area contributed by atoms with Crippen LogP contribution in [0.25, 0.3) is 0 Å². The van der Waals surface area contributed by atoms with Gasteiger partial charge in [0.05, 0.1) is 6.61 Å². The van der Waals surface area contributed by atoms with Crippen LogP contribution in [0.3, 0.4) is 0 Å². The maximum absolute atomic E-state index is 11.6. The van der Waals surface area contributed by atoms with Gasteiger partial charge < -0.3 is 4.74 Å². The summed E-state index contributed by atoms with van der Waals surface area (Å²) in [6.07, 6.45) is 0.556. The maximum atomic E-state index is 11.6. The summed E-state index contributed by atoms with van der Waals surface area (Å²) in [5.74, 6) is 0.941. The summed E-state index contributed by atoms with van der Waals surface area (Å²) in [7, 11) is 0. The Kier molecular flexibility index (Phi) is 4.97. The van der Waals surface area contributed by atoms with Crippen molar-refractivity contribution in [1.29, 1.82) is 0 Å². The number of hydrogen-bond acceptors (Lipinski definition) is 3. The molecule has 0 bridgehead atoms. The molecule has 0 aliphatic carbocycles. The summed E-state index contributed by atoms with van der Waals surface area (Å²) in [5, 5.41) is 0. The van der Waals surface area contributed by atoms with Crippen LogP contribution in [-0.4, -0.2) is 30.6 Å².